The summed E-state index contributed by atoms with van der Waals surface area (Å²) < 4.78 is 4.96. The third-order valence-corrected chi connectivity index (χ3v) is 2.13. The van der Waals surface area contributed by atoms with Crippen molar-refractivity contribution in [2.45, 2.75) is 13.5 Å². The molecule has 0 saturated carbocycles. The van der Waals surface area contributed by atoms with Crippen molar-refractivity contribution in [1.29, 1.82) is 0 Å². The fourth-order valence-electron chi connectivity index (χ4n) is 1.01. The van der Waals surface area contributed by atoms with Gasteiger partial charge in [0.2, 0.25) is 0 Å². The van der Waals surface area contributed by atoms with E-state index in [1.54, 1.807) is 12.5 Å². The van der Waals surface area contributed by atoms with E-state index < -0.39 is 0 Å². The van der Waals surface area contributed by atoms with Gasteiger partial charge in [-0.1, -0.05) is 0 Å². The molecule has 0 aromatic carbocycles. The first kappa shape index (κ1) is 10.1. The van der Waals surface area contributed by atoms with Crippen molar-refractivity contribution >= 4 is 17.3 Å². The summed E-state index contributed by atoms with van der Waals surface area (Å²) in [5, 5.41) is 3.85. The molecule has 13 heavy (non-hydrogen) atoms. The number of furan rings is 1. The van der Waals surface area contributed by atoms with Gasteiger partial charge >= 0.3 is 0 Å². The minimum absolute atomic E-state index is 0.767. The first-order chi connectivity index (χ1) is 6.24. The summed E-state index contributed by atoms with van der Waals surface area (Å²) in [5.74, 6) is 0. The summed E-state index contributed by atoms with van der Waals surface area (Å²) in [6.45, 7) is 3.66. The molecule has 0 unspecified atom stereocenters. The van der Waals surface area contributed by atoms with Crippen molar-refractivity contribution < 1.29 is 4.42 Å². The van der Waals surface area contributed by atoms with Crippen LogP contribution in [0.4, 0.5) is 0 Å². The molecule has 4 heteroatoms. The van der Waals surface area contributed by atoms with Crippen LogP contribution in [0.1, 0.15) is 12.5 Å². The maximum absolute atomic E-state index is 5.13. The second-order valence-corrected chi connectivity index (χ2v) is 3.21. The molecule has 0 spiro atoms. The summed E-state index contributed by atoms with van der Waals surface area (Å²) in [6, 6.07) is 1.94. The number of thiocarbonyl (C=S) groups is 1. The molecule has 1 N–H and O–H groups in total. The molecule has 1 rings (SSSR count). The van der Waals surface area contributed by atoms with E-state index in [4.69, 9.17) is 16.6 Å². The van der Waals surface area contributed by atoms with Gasteiger partial charge in [0, 0.05) is 25.7 Å². The van der Waals surface area contributed by atoms with Crippen LogP contribution < -0.4 is 5.32 Å². The van der Waals surface area contributed by atoms with Gasteiger partial charge in [-0.05, 0) is 25.2 Å². The lowest BCUT2D eigenvalue weighted by atomic mass is 10.3. The summed E-state index contributed by atoms with van der Waals surface area (Å²) >= 11 is 5.13. The number of rotatable bonds is 3. The van der Waals surface area contributed by atoms with Gasteiger partial charge in [0.1, 0.15) is 0 Å². The van der Waals surface area contributed by atoms with Crippen molar-refractivity contribution in [3.8, 4) is 0 Å². The first-order valence-corrected chi connectivity index (χ1v) is 4.65. The van der Waals surface area contributed by atoms with Crippen molar-refractivity contribution in [2.75, 3.05) is 13.6 Å². The number of nitrogens with zero attached hydrogens (tertiary/aromatic N) is 1. The highest BCUT2D eigenvalue weighted by atomic mass is 32.1. The maximum atomic E-state index is 5.13. The summed E-state index contributed by atoms with van der Waals surface area (Å²) in [7, 11) is 1.96. The van der Waals surface area contributed by atoms with E-state index in [0.717, 1.165) is 23.8 Å². The van der Waals surface area contributed by atoms with E-state index in [2.05, 4.69) is 5.32 Å². The molecule has 0 amide bonds. The molecule has 72 valence electrons. The lowest BCUT2D eigenvalue weighted by molar-refractivity contribution is 0.483. The molecule has 0 aliphatic rings. The SMILES string of the molecule is CCNC(=S)N(C)Cc1ccoc1. The highest BCUT2D eigenvalue weighted by Crippen LogP contribution is 2.03. The molecule has 3 nitrogen and oxygen atoms in total. The molecule has 1 aromatic heterocycles. The number of hydrogen-bond acceptors (Lipinski definition) is 2. The molecule has 0 aliphatic heterocycles. The average Bonchev–Trinajstić information content (AvgIpc) is 2.57. The van der Waals surface area contributed by atoms with E-state index in [0.29, 0.717) is 0 Å². The van der Waals surface area contributed by atoms with Crippen LogP contribution >= 0.6 is 12.2 Å². The Balaban J connectivity index is 2.41. The first-order valence-electron chi connectivity index (χ1n) is 4.24. The van der Waals surface area contributed by atoms with Gasteiger partial charge in [-0.2, -0.15) is 0 Å². The van der Waals surface area contributed by atoms with Gasteiger partial charge in [-0.3, -0.25) is 0 Å². The number of nitrogens with one attached hydrogen (secondary N) is 1. The predicted molar refractivity (Wildman–Crippen MR) is 56.4 cm³/mol. The van der Waals surface area contributed by atoms with E-state index in [9.17, 15) is 0 Å². The largest absolute Gasteiger partial charge is 0.472 e. The standard InChI is InChI=1S/C9H14N2OS/c1-3-10-9(13)11(2)6-8-4-5-12-7-8/h4-5,7H,3,6H2,1-2H3,(H,10,13). The van der Waals surface area contributed by atoms with Gasteiger partial charge in [0.05, 0.1) is 12.5 Å². The topological polar surface area (TPSA) is 28.4 Å². The third kappa shape index (κ3) is 3.06. The molecule has 0 bridgehead atoms. The maximum Gasteiger partial charge on any atom is 0.168 e. The van der Waals surface area contributed by atoms with Crippen LogP contribution in [0, 0.1) is 0 Å². The van der Waals surface area contributed by atoms with Crippen molar-refractivity contribution in [2.24, 2.45) is 0 Å². The molecule has 0 aliphatic carbocycles. The quantitative estimate of drug-likeness (QED) is 0.747. The minimum atomic E-state index is 0.767. The van der Waals surface area contributed by atoms with Gasteiger partial charge in [0.15, 0.2) is 5.11 Å². The lowest BCUT2D eigenvalue weighted by Crippen LogP contribution is -2.36. The second-order valence-electron chi connectivity index (χ2n) is 2.82. The summed E-state index contributed by atoms with van der Waals surface area (Å²) in [5.41, 5.74) is 1.13. The Morgan fingerprint density at radius 2 is 2.46 bits per heavy atom. The summed E-state index contributed by atoms with van der Waals surface area (Å²) in [4.78, 5) is 1.98. The molecule has 1 aromatic rings. The fourth-order valence-corrected chi connectivity index (χ4v) is 1.22. The Labute approximate surface area is 83.7 Å². The second kappa shape index (κ2) is 4.87. The Kier molecular flexibility index (Phi) is 3.76. The monoisotopic (exact) mass is 198 g/mol. The Morgan fingerprint density at radius 3 is 3.00 bits per heavy atom. The average molecular weight is 198 g/mol. The van der Waals surface area contributed by atoms with E-state index >= 15 is 0 Å². The predicted octanol–water partition coefficient (Wildman–Crippen LogP) is 1.61. The van der Waals surface area contributed by atoms with E-state index in [1.807, 2.05) is 24.9 Å². The molecule has 1 heterocycles. The van der Waals surface area contributed by atoms with Crippen LogP contribution in [0.2, 0.25) is 0 Å². The van der Waals surface area contributed by atoms with Crippen LogP contribution in [0.25, 0.3) is 0 Å². The smallest absolute Gasteiger partial charge is 0.168 e. The lowest BCUT2D eigenvalue weighted by Gasteiger charge is -2.19. The Morgan fingerprint density at radius 1 is 1.69 bits per heavy atom. The van der Waals surface area contributed by atoms with Crippen LogP contribution in [0.3, 0.4) is 0 Å². The Hall–Kier alpha value is -1.03. The van der Waals surface area contributed by atoms with Crippen molar-refractivity contribution in [1.82, 2.24) is 10.2 Å². The van der Waals surface area contributed by atoms with Crippen LogP contribution in [-0.4, -0.2) is 23.6 Å². The third-order valence-electron chi connectivity index (χ3n) is 1.67. The highest BCUT2D eigenvalue weighted by Gasteiger charge is 2.03. The van der Waals surface area contributed by atoms with Crippen LogP contribution in [0.5, 0.6) is 0 Å². The zero-order chi connectivity index (χ0) is 9.68. The van der Waals surface area contributed by atoms with Gasteiger partial charge in [-0.25, -0.2) is 0 Å². The van der Waals surface area contributed by atoms with Gasteiger partial charge < -0.3 is 14.6 Å². The van der Waals surface area contributed by atoms with Crippen LogP contribution in [0.15, 0.2) is 23.0 Å². The minimum Gasteiger partial charge on any atom is -0.472 e. The van der Waals surface area contributed by atoms with Gasteiger partial charge in [0.25, 0.3) is 0 Å². The molecule has 0 fully saturated rings. The number of hydrogen-bond donors (Lipinski definition) is 1. The van der Waals surface area contributed by atoms with Crippen molar-refractivity contribution in [3.63, 3.8) is 0 Å². The summed E-state index contributed by atoms with van der Waals surface area (Å²) in [6.07, 6.45) is 3.39. The van der Waals surface area contributed by atoms with Crippen molar-refractivity contribution in [3.05, 3.63) is 24.2 Å². The molecular weight excluding hydrogens is 184 g/mol. The molecule has 0 atom stereocenters. The van der Waals surface area contributed by atoms with E-state index in [1.165, 1.54) is 0 Å². The Bertz CT molecular complexity index is 259. The molecule has 0 radical (unpaired) electrons. The molecular formula is C9H14N2OS. The van der Waals surface area contributed by atoms with Gasteiger partial charge in [-0.15, -0.1) is 0 Å². The normalized spacial score (nSPS) is 9.69. The zero-order valence-corrected chi connectivity index (χ0v) is 8.73. The van der Waals surface area contributed by atoms with Crippen LogP contribution in [-0.2, 0) is 6.54 Å². The highest BCUT2D eigenvalue weighted by molar-refractivity contribution is 7.80. The van der Waals surface area contributed by atoms with E-state index in [-0.39, 0.29) is 0 Å². The molecule has 0 saturated heterocycles. The fraction of sp³-hybridized carbons (Fsp3) is 0.444. The zero-order valence-electron chi connectivity index (χ0n) is 7.91.